The van der Waals surface area contributed by atoms with E-state index in [2.05, 4.69) is 32.0 Å². The summed E-state index contributed by atoms with van der Waals surface area (Å²) in [6.45, 7) is 6.36. The zero-order valence-corrected chi connectivity index (χ0v) is 14.3. The van der Waals surface area contributed by atoms with Gasteiger partial charge in [0, 0.05) is 5.39 Å². The average Bonchev–Trinajstić information content (AvgIpc) is 2.90. The van der Waals surface area contributed by atoms with Gasteiger partial charge in [-0.05, 0) is 50.1 Å². The Balaban J connectivity index is 1.90. The highest BCUT2D eigenvalue weighted by atomic mass is 16.5. The van der Waals surface area contributed by atoms with Crippen molar-refractivity contribution in [2.45, 2.75) is 27.4 Å². The molecule has 0 aliphatic rings. The van der Waals surface area contributed by atoms with Crippen molar-refractivity contribution in [2.75, 3.05) is 7.11 Å². The minimum absolute atomic E-state index is 0.405. The van der Waals surface area contributed by atoms with Crippen molar-refractivity contribution >= 4 is 16.9 Å². The Morgan fingerprint density at radius 1 is 1.08 bits per heavy atom. The molecule has 0 amide bonds. The highest BCUT2D eigenvalue weighted by molar-refractivity contribution is 6.04. The van der Waals surface area contributed by atoms with Crippen molar-refractivity contribution in [1.29, 1.82) is 0 Å². The summed E-state index contributed by atoms with van der Waals surface area (Å²) >= 11 is 0. The zero-order chi connectivity index (χ0) is 17.3. The van der Waals surface area contributed by atoms with Crippen LogP contribution in [0.4, 0.5) is 0 Å². The Kier molecular flexibility index (Phi) is 4.30. The molecule has 0 saturated heterocycles. The summed E-state index contributed by atoms with van der Waals surface area (Å²) in [4.78, 5) is 12.0. The number of ether oxygens (including phenoxy) is 2. The van der Waals surface area contributed by atoms with Gasteiger partial charge in [0.2, 0.25) is 0 Å². The summed E-state index contributed by atoms with van der Waals surface area (Å²) in [7, 11) is 1.36. The molecule has 0 N–H and O–H groups in total. The van der Waals surface area contributed by atoms with Crippen LogP contribution in [0.1, 0.15) is 32.8 Å². The predicted molar refractivity (Wildman–Crippen MR) is 92.5 cm³/mol. The summed E-state index contributed by atoms with van der Waals surface area (Å²) in [6.07, 6.45) is 0. The highest BCUT2D eigenvalue weighted by Crippen LogP contribution is 2.30. The van der Waals surface area contributed by atoms with Gasteiger partial charge in [0.05, 0.1) is 7.11 Å². The van der Waals surface area contributed by atoms with Crippen LogP contribution in [0, 0.1) is 20.8 Å². The molecule has 124 valence electrons. The fourth-order valence-corrected chi connectivity index (χ4v) is 2.76. The summed E-state index contributed by atoms with van der Waals surface area (Å²) in [5.41, 5.74) is 4.63. The summed E-state index contributed by atoms with van der Waals surface area (Å²) in [6, 6.07) is 11.8. The fraction of sp³-hybridized carbons (Fsp3) is 0.250. The van der Waals surface area contributed by atoms with Crippen LogP contribution >= 0.6 is 0 Å². The van der Waals surface area contributed by atoms with Crippen LogP contribution in [0.5, 0.6) is 5.75 Å². The Morgan fingerprint density at radius 2 is 1.88 bits per heavy atom. The molecule has 0 radical (unpaired) electrons. The highest BCUT2D eigenvalue weighted by Gasteiger charge is 2.19. The van der Waals surface area contributed by atoms with E-state index in [9.17, 15) is 4.79 Å². The Hall–Kier alpha value is -2.75. The van der Waals surface area contributed by atoms with E-state index in [-0.39, 0.29) is 0 Å². The first-order chi connectivity index (χ1) is 11.5. The van der Waals surface area contributed by atoms with E-state index in [1.165, 1.54) is 18.2 Å². The summed E-state index contributed by atoms with van der Waals surface area (Å²) < 4.78 is 16.4. The van der Waals surface area contributed by atoms with E-state index >= 15 is 0 Å². The molecule has 24 heavy (non-hydrogen) atoms. The van der Waals surface area contributed by atoms with Gasteiger partial charge in [0.25, 0.3) is 0 Å². The Morgan fingerprint density at radius 3 is 2.62 bits per heavy atom. The number of aryl methyl sites for hydroxylation is 3. The van der Waals surface area contributed by atoms with Crippen LogP contribution in [0.3, 0.4) is 0 Å². The molecule has 0 unspecified atom stereocenters. The van der Waals surface area contributed by atoms with E-state index in [0.29, 0.717) is 34.6 Å². The third-order valence-electron chi connectivity index (χ3n) is 4.12. The number of esters is 1. The lowest BCUT2D eigenvalue weighted by Gasteiger charge is -2.10. The van der Waals surface area contributed by atoms with Gasteiger partial charge in [0.1, 0.15) is 29.3 Å². The van der Waals surface area contributed by atoms with E-state index in [1.54, 1.807) is 6.92 Å². The Labute approximate surface area is 141 Å². The summed E-state index contributed by atoms with van der Waals surface area (Å²) in [5, 5.41) is 0.706. The van der Waals surface area contributed by atoms with Gasteiger partial charge in [-0.25, -0.2) is 4.79 Å². The molecule has 0 aliphatic heterocycles. The van der Waals surface area contributed by atoms with Gasteiger partial charge in [-0.15, -0.1) is 0 Å². The van der Waals surface area contributed by atoms with Crippen molar-refractivity contribution in [3.8, 4) is 5.75 Å². The molecule has 3 rings (SSSR count). The molecule has 0 spiro atoms. The maximum atomic E-state index is 12.0. The lowest BCUT2D eigenvalue weighted by molar-refractivity contribution is 0.0600. The quantitative estimate of drug-likeness (QED) is 0.651. The molecule has 4 nitrogen and oxygen atoms in total. The van der Waals surface area contributed by atoms with Crippen molar-refractivity contribution in [3.63, 3.8) is 0 Å². The minimum atomic E-state index is -0.405. The topological polar surface area (TPSA) is 48.7 Å². The molecule has 0 bridgehead atoms. The molecule has 0 fully saturated rings. The number of furan rings is 1. The van der Waals surface area contributed by atoms with E-state index in [4.69, 9.17) is 13.9 Å². The monoisotopic (exact) mass is 324 g/mol. The van der Waals surface area contributed by atoms with Crippen LogP contribution in [0.15, 0.2) is 40.8 Å². The molecule has 0 atom stereocenters. The van der Waals surface area contributed by atoms with Gasteiger partial charge in [-0.3, -0.25) is 0 Å². The molecule has 0 aliphatic carbocycles. The van der Waals surface area contributed by atoms with Crippen molar-refractivity contribution in [1.82, 2.24) is 0 Å². The molecule has 1 heterocycles. The van der Waals surface area contributed by atoms with Crippen LogP contribution < -0.4 is 4.74 Å². The molecule has 1 aromatic heterocycles. The lowest BCUT2D eigenvalue weighted by atomic mass is 10.1. The molecular weight excluding hydrogens is 304 g/mol. The third kappa shape index (κ3) is 3.00. The van der Waals surface area contributed by atoms with Gasteiger partial charge < -0.3 is 13.9 Å². The van der Waals surface area contributed by atoms with Gasteiger partial charge >= 0.3 is 5.97 Å². The van der Waals surface area contributed by atoms with E-state index < -0.39 is 5.97 Å². The second kappa shape index (κ2) is 6.40. The number of benzene rings is 2. The van der Waals surface area contributed by atoms with E-state index in [1.807, 2.05) is 18.2 Å². The first kappa shape index (κ1) is 16.1. The van der Waals surface area contributed by atoms with Gasteiger partial charge in [0.15, 0.2) is 0 Å². The largest absolute Gasteiger partial charge is 0.489 e. The van der Waals surface area contributed by atoms with Crippen molar-refractivity contribution < 1.29 is 18.7 Å². The first-order valence-electron chi connectivity index (χ1n) is 7.80. The van der Waals surface area contributed by atoms with E-state index in [0.717, 1.165) is 5.56 Å². The maximum Gasteiger partial charge on any atom is 0.342 e. The number of carbonyl (C=O) groups excluding carboxylic acids is 1. The van der Waals surface area contributed by atoms with Crippen LogP contribution in [-0.4, -0.2) is 13.1 Å². The average molecular weight is 324 g/mol. The number of carbonyl (C=O) groups is 1. The number of hydrogen-bond acceptors (Lipinski definition) is 4. The zero-order valence-electron chi connectivity index (χ0n) is 14.3. The van der Waals surface area contributed by atoms with Gasteiger partial charge in [-0.1, -0.05) is 23.8 Å². The first-order valence-corrected chi connectivity index (χ1v) is 7.80. The van der Waals surface area contributed by atoms with Crippen molar-refractivity contribution in [2.24, 2.45) is 0 Å². The van der Waals surface area contributed by atoms with Crippen LogP contribution in [0.25, 0.3) is 11.0 Å². The number of rotatable bonds is 4. The SMILES string of the molecule is COC(=O)c1c(C)oc2ccc(OCc3cc(C)ccc3C)cc12. The second-order valence-electron chi connectivity index (χ2n) is 5.90. The van der Waals surface area contributed by atoms with Crippen molar-refractivity contribution in [3.05, 3.63) is 64.4 Å². The summed E-state index contributed by atoms with van der Waals surface area (Å²) in [5.74, 6) is 0.829. The number of hydrogen-bond donors (Lipinski definition) is 0. The predicted octanol–water partition coefficient (Wildman–Crippen LogP) is 4.72. The number of methoxy groups -OCH3 is 1. The molecule has 0 saturated carbocycles. The van der Waals surface area contributed by atoms with Gasteiger partial charge in [-0.2, -0.15) is 0 Å². The van der Waals surface area contributed by atoms with Crippen LogP contribution in [-0.2, 0) is 11.3 Å². The molecule has 2 aromatic carbocycles. The Bertz CT molecular complexity index is 905. The minimum Gasteiger partial charge on any atom is -0.489 e. The standard InChI is InChI=1S/C20H20O4/c1-12-5-6-13(2)15(9-12)11-23-16-7-8-18-17(10-16)19(14(3)24-18)20(21)22-4/h5-10H,11H2,1-4H3. The molecule has 4 heteroatoms. The third-order valence-corrected chi connectivity index (χ3v) is 4.12. The maximum absolute atomic E-state index is 12.0. The normalized spacial score (nSPS) is 10.8. The fourth-order valence-electron chi connectivity index (χ4n) is 2.76. The van der Waals surface area contributed by atoms with Crippen LogP contribution in [0.2, 0.25) is 0 Å². The molecular formula is C20H20O4. The second-order valence-corrected chi connectivity index (χ2v) is 5.90. The smallest absolute Gasteiger partial charge is 0.342 e. The number of fused-ring (bicyclic) bond motifs is 1. The lowest BCUT2D eigenvalue weighted by Crippen LogP contribution is -2.02. The molecule has 3 aromatic rings.